The van der Waals surface area contributed by atoms with Gasteiger partial charge in [-0.05, 0) is 0 Å². The molecule has 0 aliphatic rings. The van der Waals surface area contributed by atoms with Gasteiger partial charge in [-0.25, -0.2) is 0 Å². The van der Waals surface area contributed by atoms with E-state index in [0.717, 1.165) is 0 Å². The van der Waals surface area contributed by atoms with Crippen LogP contribution in [0.25, 0.3) is 0 Å². The Morgan fingerprint density at radius 3 is 2.13 bits per heavy atom. The quantitative estimate of drug-likeness (QED) is 0.624. The number of hydrogen-bond acceptors (Lipinski definition) is 4. The molecule has 3 N–H and O–H groups in total. The maximum absolute atomic E-state index is 11.9. The van der Waals surface area contributed by atoms with Crippen LogP contribution in [0.15, 0.2) is 0 Å². The van der Waals surface area contributed by atoms with Gasteiger partial charge < -0.3 is 20.5 Å². The molecule has 15 heavy (non-hydrogen) atoms. The lowest BCUT2D eigenvalue weighted by Crippen LogP contribution is -2.43. The summed E-state index contributed by atoms with van der Waals surface area (Å²) in [5, 5.41) is 2.30. The van der Waals surface area contributed by atoms with Gasteiger partial charge in [-0.15, -0.1) is 0 Å². The maximum Gasteiger partial charge on any atom is 0.401 e. The van der Waals surface area contributed by atoms with E-state index in [1.54, 1.807) is 0 Å². The van der Waals surface area contributed by atoms with Crippen molar-refractivity contribution in [3.05, 3.63) is 0 Å². The predicted molar refractivity (Wildman–Crippen MR) is 49.3 cm³/mol. The molecule has 0 radical (unpaired) electrons. The summed E-state index contributed by atoms with van der Waals surface area (Å²) >= 11 is 0. The molecule has 0 fully saturated rings. The van der Waals surface area contributed by atoms with Crippen molar-refractivity contribution in [2.75, 3.05) is 27.3 Å². The van der Waals surface area contributed by atoms with Crippen molar-refractivity contribution < 1.29 is 22.6 Å². The van der Waals surface area contributed by atoms with Crippen LogP contribution in [0.2, 0.25) is 0 Å². The number of rotatable bonds is 7. The van der Waals surface area contributed by atoms with Gasteiger partial charge in [0.15, 0.2) is 6.29 Å². The first-order valence-corrected chi connectivity index (χ1v) is 4.48. The van der Waals surface area contributed by atoms with Crippen LogP contribution >= 0.6 is 0 Å². The van der Waals surface area contributed by atoms with Crippen LogP contribution in [0, 0.1) is 0 Å². The highest BCUT2D eigenvalue weighted by atomic mass is 19.4. The number of halogens is 3. The van der Waals surface area contributed by atoms with Crippen LogP contribution in [0.5, 0.6) is 0 Å². The monoisotopic (exact) mass is 230 g/mol. The molecule has 0 aromatic carbocycles. The van der Waals surface area contributed by atoms with Gasteiger partial charge in [0.2, 0.25) is 0 Å². The third-order valence-corrected chi connectivity index (χ3v) is 1.88. The molecular weight excluding hydrogens is 213 g/mol. The molecule has 4 nitrogen and oxygen atoms in total. The Kier molecular flexibility index (Phi) is 6.82. The van der Waals surface area contributed by atoms with E-state index in [0.29, 0.717) is 0 Å². The molecule has 1 unspecified atom stereocenters. The summed E-state index contributed by atoms with van der Waals surface area (Å²) in [7, 11) is 2.84. The first kappa shape index (κ1) is 14.6. The molecule has 0 aromatic heterocycles. The largest absolute Gasteiger partial charge is 0.401 e. The smallest absolute Gasteiger partial charge is 0.356 e. The van der Waals surface area contributed by atoms with E-state index >= 15 is 0 Å². The minimum Gasteiger partial charge on any atom is -0.356 e. The Morgan fingerprint density at radius 2 is 1.80 bits per heavy atom. The van der Waals surface area contributed by atoms with Gasteiger partial charge in [0.1, 0.15) is 0 Å². The number of methoxy groups -OCH3 is 2. The van der Waals surface area contributed by atoms with E-state index < -0.39 is 25.1 Å². The van der Waals surface area contributed by atoms with Gasteiger partial charge in [-0.1, -0.05) is 0 Å². The number of alkyl halides is 3. The van der Waals surface area contributed by atoms with Crippen LogP contribution < -0.4 is 11.1 Å². The van der Waals surface area contributed by atoms with Crippen LogP contribution in [0.4, 0.5) is 13.2 Å². The minimum absolute atomic E-state index is 0.0965. The van der Waals surface area contributed by atoms with E-state index in [1.807, 2.05) is 0 Å². The van der Waals surface area contributed by atoms with Crippen LogP contribution in [-0.2, 0) is 9.47 Å². The Labute approximate surface area is 86.9 Å². The van der Waals surface area contributed by atoms with Crippen LogP contribution in [0.1, 0.15) is 6.42 Å². The molecule has 0 aliphatic heterocycles. The maximum atomic E-state index is 11.9. The van der Waals surface area contributed by atoms with Crippen molar-refractivity contribution in [3.63, 3.8) is 0 Å². The summed E-state index contributed by atoms with van der Waals surface area (Å²) in [5.41, 5.74) is 5.32. The van der Waals surface area contributed by atoms with Gasteiger partial charge in [0, 0.05) is 33.2 Å². The standard InChI is InChI=1S/C8H17F3N2O2/c1-14-7(15-2)3-6(4-12)13-5-8(9,10)11/h6-7,13H,3-5,12H2,1-2H3. The zero-order valence-electron chi connectivity index (χ0n) is 8.80. The molecular formula is C8H17F3N2O2. The Hall–Kier alpha value is -0.370. The molecule has 0 amide bonds. The lowest BCUT2D eigenvalue weighted by molar-refractivity contribution is -0.132. The van der Waals surface area contributed by atoms with Crippen LogP contribution in [0.3, 0.4) is 0 Å². The van der Waals surface area contributed by atoms with Crippen molar-refractivity contribution >= 4 is 0 Å². The fraction of sp³-hybridized carbons (Fsp3) is 1.00. The summed E-state index contributed by atoms with van der Waals surface area (Å²) in [4.78, 5) is 0. The lowest BCUT2D eigenvalue weighted by atomic mass is 10.2. The topological polar surface area (TPSA) is 56.5 Å². The molecule has 1 atom stereocenters. The SMILES string of the molecule is COC(CC(CN)NCC(F)(F)F)OC. The van der Waals surface area contributed by atoms with Crippen molar-refractivity contribution in [2.45, 2.75) is 24.9 Å². The Balaban J connectivity index is 3.92. The second-order valence-corrected chi connectivity index (χ2v) is 3.07. The van der Waals surface area contributed by atoms with Crippen molar-refractivity contribution in [2.24, 2.45) is 5.73 Å². The molecule has 0 spiro atoms. The second-order valence-electron chi connectivity index (χ2n) is 3.07. The van der Waals surface area contributed by atoms with Crippen molar-refractivity contribution in [3.8, 4) is 0 Å². The highest BCUT2D eigenvalue weighted by molar-refractivity contribution is 4.71. The van der Waals surface area contributed by atoms with Crippen molar-refractivity contribution in [1.29, 1.82) is 0 Å². The van der Waals surface area contributed by atoms with Gasteiger partial charge in [0.25, 0.3) is 0 Å². The summed E-state index contributed by atoms with van der Waals surface area (Å²) in [5.74, 6) is 0. The molecule has 0 aromatic rings. The fourth-order valence-corrected chi connectivity index (χ4v) is 1.04. The lowest BCUT2D eigenvalue weighted by Gasteiger charge is -2.22. The summed E-state index contributed by atoms with van der Waals surface area (Å²) in [6, 6.07) is -0.475. The second kappa shape index (κ2) is 7.00. The predicted octanol–water partition coefficient (Wildman–Crippen LogP) is 0.475. The van der Waals surface area contributed by atoms with Crippen molar-refractivity contribution in [1.82, 2.24) is 5.32 Å². The number of hydrogen-bond donors (Lipinski definition) is 2. The highest BCUT2D eigenvalue weighted by Gasteiger charge is 2.28. The highest BCUT2D eigenvalue weighted by Crippen LogP contribution is 2.13. The third-order valence-electron chi connectivity index (χ3n) is 1.88. The molecule has 92 valence electrons. The summed E-state index contributed by atoms with van der Waals surface area (Å²) in [6.45, 7) is -0.964. The summed E-state index contributed by atoms with van der Waals surface area (Å²) in [6.07, 6.45) is -4.50. The average molecular weight is 230 g/mol. The van der Waals surface area contributed by atoms with E-state index in [9.17, 15) is 13.2 Å². The zero-order valence-corrected chi connectivity index (χ0v) is 8.80. The van der Waals surface area contributed by atoms with E-state index in [4.69, 9.17) is 15.2 Å². The molecule has 7 heteroatoms. The Bertz CT molecular complexity index is 162. The normalized spacial score (nSPS) is 14.6. The zero-order chi connectivity index (χ0) is 11.9. The van der Waals surface area contributed by atoms with E-state index in [2.05, 4.69) is 5.32 Å². The molecule has 0 saturated heterocycles. The van der Waals surface area contributed by atoms with E-state index in [1.165, 1.54) is 14.2 Å². The molecule has 0 saturated carbocycles. The third kappa shape index (κ3) is 7.55. The van der Waals surface area contributed by atoms with E-state index in [-0.39, 0.29) is 13.0 Å². The molecule has 0 heterocycles. The average Bonchev–Trinajstić information content (AvgIpc) is 2.17. The number of ether oxygens (including phenoxy) is 2. The molecule has 0 aliphatic carbocycles. The van der Waals surface area contributed by atoms with Gasteiger partial charge >= 0.3 is 6.18 Å². The number of nitrogens with one attached hydrogen (secondary N) is 1. The first-order valence-electron chi connectivity index (χ1n) is 4.48. The Morgan fingerprint density at radius 1 is 1.27 bits per heavy atom. The van der Waals surface area contributed by atoms with Gasteiger partial charge in [-0.3, -0.25) is 0 Å². The van der Waals surface area contributed by atoms with Gasteiger partial charge in [0.05, 0.1) is 6.54 Å². The minimum atomic E-state index is -4.23. The summed E-state index contributed by atoms with van der Waals surface area (Å²) < 4.78 is 45.4. The molecule has 0 rings (SSSR count). The van der Waals surface area contributed by atoms with Gasteiger partial charge in [-0.2, -0.15) is 13.2 Å². The first-order chi connectivity index (χ1) is 6.92. The number of nitrogens with two attached hydrogens (primary N) is 1. The fourth-order valence-electron chi connectivity index (χ4n) is 1.04. The molecule has 0 bridgehead atoms. The van der Waals surface area contributed by atoms with Crippen LogP contribution in [-0.4, -0.2) is 45.8 Å².